The van der Waals surface area contributed by atoms with Gasteiger partial charge >= 0.3 is 19.5 Å². The normalized spacial score (nSPS) is 10.2. The van der Waals surface area contributed by atoms with Gasteiger partial charge in [0.05, 0.1) is 26.2 Å². The summed E-state index contributed by atoms with van der Waals surface area (Å²) in [5, 5.41) is 0. The minimum atomic E-state index is 0. The fourth-order valence-corrected chi connectivity index (χ4v) is 2.64. The van der Waals surface area contributed by atoms with Crippen molar-refractivity contribution in [2.45, 2.75) is 79.1 Å². The molecule has 120 valence electrons. The first-order valence-corrected chi connectivity index (χ1v) is 8.09. The Kier molecular flexibility index (Phi) is 29.7. The van der Waals surface area contributed by atoms with Crippen LogP contribution in [-0.2, 0) is 25.0 Å². The first-order chi connectivity index (χ1) is 8.24. The maximum Gasteiger partial charge on any atom is 2.00 e. The van der Waals surface area contributed by atoms with Gasteiger partial charge in [-0.05, 0) is 25.7 Å². The molecule has 0 saturated heterocycles. The van der Waals surface area contributed by atoms with Crippen molar-refractivity contribution in [3.05, 3.63) is 0 Å². The van der Waals surface area contributed by atoms with E-state index in [1.165, 1.54) is 82.0 Å². The average molecular weight is 451 g/mol. The van der Waals surface area contributed by atoms with Crippen LogP contribution in [0.4, 0.5) is 0 Å². The summed E-state index contributed by atoms with van der Waals surface area (Å²) < 4.78 is 1.42. The van der Waals surface area contributed by atoms with Gasteiger partial charge in [0.2, 0.25) is 0 Å². The minimum Gasteiger partial charge on any atom is -2.00 e. The molecule has 0 aromatic rings. The van der Waals surface area contributed by atoms with Crippen LogP contribution in [0.2, 0.25) is 0 Å². The summed E-state index contributed by atoms with van der Waals surface area (Å²) in [6.45, 7) is 15.0. The molecule has 0 rings (SSSR count). The molecule has 0 aliphatic heterocycles. The van der Waals surface area contributed by atoms with E-state index in [0.29, 0.717) is 0 Å². The van der Waals surface area contributed by atoms with Gasteiger partial charge in [0, 0.05) is 0 Å². The van der Waals surface area contributed by atoms with E-state index in [0.717, 1.165) is 0 Å². The van der Waals surface area contributed by atoms with Crippen LogP contribution in [-0.4, -0.2) is 30.7 Å². The molecule has 0 bridgehead atoms. The second-order valence-electron chi connectivity index (χ2n) is 5.65. The molecule has 4 heteroatoms. The molecule has 0 amide bonds. The molecular formula is C16H36INOZn. The monoisotopic (exact) mass is 449 g/mol. The molecular weight excluding hydrogens is 414 g/mol. The SMILES string of the molecule is CCCC[N+](CCCC)(CCCC)CCCC.[I-].[O-2].[Zn+2]. The van der Waals surface area contributed by atoms with E-state index in [-0.39, 0.29) is 48.9 Å². The summed E-state index contributed by atoms with van der Waals surface area (Å²) in [4.78, 5) is 0. The van der Waals surface area contributed by atoms with Crippen LogP contribution in [0.25, 0.3) is 0 Å². The average Bonchev–Trinajstić information content (AvgIpc) is 2.37. The van der Waals surface area contributed by atoms with Crippen molar-refractivity contribution >= 4 is 0 Å². The van der Waals surface area contributed by atoms with Gasteiger partial charge < -0.3 is 33.9 Å². The van der Waals surface area contributed by atoms with Gasteiger partial charge in [0.25, 0.3) is 0 Å². The Morgan fingerprint density at radius 2 is 0.750 bits per heavy atom. The molecule has 0 heterocycles. The molecule has 0 aromatic carbocycles. The van der Waals surface area contributed by atoms with Crippen molar-refractivity contribution in [1.29, 1.82) is 0 Å². The van der Waals surface area contributed by atoms with Crippen LogP contribution in [0, 0.1) is 0 Å². The Balaban J connectivity index is -0.000000427. The van der Waals surface area contributed by atoms with Gasteiger partial charge in [-0.2, -0.15) is 0 Å². The number of hydrogen-bond acceptors (Lipinski definition) is 0. The zero-order valence-electron chi connectivity index (χ0n) is 14.4. The Bertz CT molecular complexity index is 133. The second-order valence-corrected chi connectivity index (χ2v) is 5.65. The van der Waals surface area contributed by atoms with Crippen LogP contribution in [0.5, 0.6) is 0 Å². The first kappa shape index (κ1) is 29.3. The molecule has 0 N–H and O–H groups in total. The predicted molar refractivity (Wildman–Crippen MR) is 80.0 cm³/mol. The Morgan fingerprint density at radius 3 is 0.900 bits per heavy atom. The van der Waals surface area contributed by atoms with Crippen LogP contribution in [0.1, 0.15) is 79.1 Å². The number of quaternary nitrogens is 1. The molecule has 2 nitrogen and oxygen atoms in total. The van der Waals surface area contributed by atoms with Crippen LogP contribution in [0.3, 0.4) is 0 Å². The van der Waals surface area contributed by atoms with Crippen molar-refractivity contribution in [3.8, 4) is 0 Å². The molecule has 20 heavy (non-hydrogen) atoms. The summed E-state index contributed by atoms with van der Waals surface area (Å²) >= 11 is 0. The first-order valence-electron chi connectivity index (χ1n) is 8.09. The summed E-state index contributed by atoms with van der Waals surface area (Å²) in [5.41, 5.74) is 0. The maximum atomic E-state index is 2.33. The summed E-state index contributed by atoms with van der Waals surface area (Å²) in [7, 11) is 0. The molecule has 0 unspecified atom stereocenters. The summed E-state index contributed by atoms with van der Waals surface area (Å²) in [6.07, 6.45) is 11.1. The fraction of sp³-hybridized carbons (Fsp3) is 1.00. The van der Waals surface area contributed by atoms with Crippen molar-refractivity contribution in [1.82, 2.24) is 0 Å². The number of halogens is 1. The second kappa shape index (κ2) is 20.3. The fourth-order valence-electron chi connectivity index (χ4n) is 2.64. The zero-order valence-corrected chi connectivity index (χ0v) is 19.6. The van der Waals surface area contributed by atoms with Crippen molar-refractivity contribution < 1.29 is 53.4 Å². The summed E-state index contributed by atoms with van der Waals surface area (Å²) in [6, 6.07) is 0. The molecule has 0 atom stereocenters. The molecule has 0 aliphatic rings. The minimum absolute atomic E-state index is 0. The van der Waals surface area contributed by atoms with Gasteiger partial charge in [-0.1, -0.05) is 53.4 Å². The van der Waals surface area contributed by atoms with Gasteiger partial charge in [0.1, 0.15) is 0 Å². The third-order valence-electron chi connectivity index (χ3n) is 3.94. The molecule has 0 spiro atoms. The molecule has 0 fully saturated rings. The van der Waals surface area contributed by atoms with Gasteiger partial charge in [-0.15, -0.1) is 0 Å². The van der Waals surface area contributed by atoms with Crippen LogP contribution in [0.15, 0.2) is 0 Å². The van der Waals surface area contributed by atoms with Gasteiger partial charge in [-0.3, -0.25) is 0 Å². The summed E-state index contributed by atoms with van der Waals surface area (Å²) in [5.74, 6) is 0. The van der Waals surface area contributed by atoms with Crippen molar-refractivity contribution in [3.63, 3.8) is 0 Å². The van der Waals surface area contributed by atoms with Crippen molar-refractivity contribution in [2.75, 3.05) is 26.2 Å². The topological polar surface area (TPSA) is 28.5 Å². The van der Waals surface area contributed by atoms with E-state index in [1.54, 1.807) is 0 Å². The largest absolute Gasteiger partial charge is 2.00 e. The van der Waals surface area contributed by atoms with E-state index in [2.05, 4.69) is 27.7 Å². The van der Waals surface area contributed by atoms with E-state index >= 15 is 0 Å². The number of unbranched alkanes of at least 4 members (excludes halogenated alkanes) is 4. The Hall–Kier alpha value is 1.27. The molecule has 0 aromatic heterocycles. The van der Waals surface area contributed by atoms with E-state index in [1.807, 2.05) is 0 Å². The van der Waals surface area contributed by atoms with Crippen LogP contribution >= 0.6 is 0 Å². The van der Waals surface area contributed by atoms with Crippen LogP contribution < -0.4 is 24.0 Å². The molecule has 0 radical (unpaired) electrons. The third-order valence-corrected chi connectivity index (χ3v) is 3.94. The van der Waals surface area contributed by atoms with E-state index < -0.39 is 0 Å². The quantitative estimate of drug-likeness (QED) is 0.247. The molecule has 0 aliphatic carbocycles. The smallest absolute Gasteiger partial charge is 2.00 e. The Morgan fingerprint density at radius 1 is 0.550 bits per heavy atom. The number of hydrogen-bond donors (Lipinski definition) is 0. The van der Waals surface area contributed by atoms with E-state index in [9.17, 15) is 0 Å². The van der Waals surface area contributed by atoms with Gasteiger partial charge in [-0.25, -0.2) is 0 Å². The van der Waals surface area contributed by atoms with Gasteiger partial charge in [0.15, 0.2) is 0 Å². The third kappa shape index (κ3) is 14.2. The zero-order chi connectivity index (χ0) is 13.0. The maximum absolute atomic E-state index is 2.33. The molecule has 0 saturated carbocycles. The predicted octanol–water partition coefficient (Wildman–Crippen LogP) is 1.89. The van der Waals surface area contributed by atoms with E-state index in [4.69, 9.17) is 0 Å². The Labute approximate surface area is 158 Å². The standard InChI is InChI=1S/C16H36N.HI.O.Zn/c1-5-9-13-17(14-10-6-2,15-11-7-3)16-12-8-4;;;/h5-16H2,1-4H3;1H;;/q+1;;-2;+2/p-1. The number of rotatable bonds is 12. The van der Waals surface area contributed by atoms with Crippen molar-refractivity contribution in [2.24, 2.45) is 0 Å². The number of nitrogens with zero attached hydrogens (tertiary/aromatic N) is 1.